The third-order valence-electron chi connectivity index (χ3n) is 7.00. The van der Waals surface area contributed by atoms with Crippen molar-refractivity contribution < 1.29 is 9.78 Å². The van der Waals surface area contributed by atoms with Crippen molar-refractivity contribution in [1.29, 1.82) is 0 Å². The van der Waals surface area contributed by atoms with Crippen LogP contribution in [0.5, 0.6) is 0 Å². The molecule has 38 heavy (non-hydrogen) atoms. The second-order valence-electron chi connectivity index (χ2n) is 9.46. The van der Waals surface area contributed by atoms with Gasteiger partial charge in [0.25, 0.3) is 5.91 Å². The number of carbonyl (C=O) groups excluding carboxylic acids is 1. The van der Waals surface area contributed by atoms with Gasteiger partial charge in [-0.3, -0.25) is 9.78 Å². The predicted molar refractivity (Wildman–Crippen MR) is 149 cm³/mol. The first-order valence-corrected chi connectivity index (χ1v) is 12.9. The summed E-state index contributed by atoms with van der Waals surface area (Å²) in [6, 6.07) is 26.5. The smallest absolute Gasteiger partial charge is 0.270 e. The number of aromatic nitrogens is 3. The molecule has 5 N–H and O–H groups in total. The van der Waals surface area contributed by atoms with Gasteiger partial charge in [-0.2, -0.15) is 0 Å². The average Bonchev–Trinajstić information content (AvgIpc) is 2.99. The summed E-state index contributed by atoms with van der Waals surface area (Å²) in [5, 5.41) is 7.26. The van der Waals surface area contributed by atoms with Crippen LogP contribution in [0.4, 0.5) is 5.82 Å². The predicted octanol–water partition coefficient (Wildman–Crippen LogP) is 4.52. The Hall–Kier alpha value is -4.62. The van der Waals surface area contributed by atoms with Crippen molar-refractivity contribution in [2.45, 2.75) is 25.9 Å². The summed E-state index contributed by atoms with van der Waals surface area (Å²) >= 11 is 0. The molecular formula is C31H29N6O+. The van der Waals surface area contributed by atoms with Gasteiger partial charge < -0.3 is 16.4 Å². The lowest BCUT2D eigenvalue weighted by Crippen LogP contribution is -2.26. The number of fused-ring (bicyclic) bond motifs is 2. The molecule has 3 aromatic heterocycles. The molecule has 5 aromatic rings. The van der Waals surface area contributed by atoms with Crippen molar-refractivity contribution in [3.63, 3.8) is 0 Å². The first-order chi connectivity index (χ1) is 18.7. The Kier molecular flexibility index (Phi) is 6.50. The van der Waals surface area contributed by atoms with E-state index in [1.54, 1.807) is 12.3 Å². The number of amides is 1. The monoisotopic (exact) mass is 501 g/mol. The van der Waals surface area contributed by atoms with Gasteiger partial charge in [-0.25, -0.2) is 9.97 Å². The lowest BCUT2D eigenvalue weighted by atomic mass is 9.96. The molecule has 2 aromatic carbocycles. The van der Waals surface area contributed by atoms with Crippen molar-refractivity contribution in [2.75, 3.05) is 11.9 Å². The van der Waals surface area contributed by atoms with Crippen LogP contribution in [0.15, 0.2) is 85.1 Å². The summed E-state index contributed by atoms with van der Waals surface area (Å²) in [5.74, 6) is 0.587. The Morgan fingerprint density at radius 2 is 1.84 bits per heavy atom. The average molecular weight is 502 g/mol. The number of hydrogen-bond donors (Lipinski definition) is 3. The number of nitrogens with two attached hydrogens (primary N) is 1. The zero-order valence-electron chi connectivity index (χ0n) is 21.0. The molecule has 1 aliphatic rings. The number of carbonyl (C=O) groups is 1. The van der Waals surface area contributed by atoms with Gasteiger partial charge in [0.15, 0.2) is 0 Å². The maximum absolute atomic E-state index is 13.0. The van der Waals surface area contributed by atoms with Crippen LogP contribution >= 0.6 is 0 Å². The van der Waals surface area contributed by atoms with Crippen molar-refractivity contribution in [2.24, 2.45) is 5.73 Å². The number of aromatic amines is 1. The van der Waals surface area contributed by atoms with E-state index in [-0.39, 0.29) is 12.5 Å². The van der Waals surface area contributed by atoms with E-state index in [1.807, 2.05) is 30.3 Å². The van der Waals surface area contributed by atoms with Gasteiger partial charge in [-0.05, 0) is 53.8 Å². The van der Waals surface area contributed by atoms with Gasteiger partial charge in [0, 0.05) is 30.9 Å². The number of nitrogens with one attached hydrogen (secondary N) is 3. The number of benzene rings is 2. The van der Waals surface area contributed by atoms with E-state index in [2.05, 4.69) is 68.1 Å². The Morgan fingerprint density at radius 1 is 1.00 bits per heavy atom. The highest BCUT2D eigenvalue weighted by Gasteiger charge is 2.20. The Morgan fingerprint density at radius 3 is 2.66 bits per heavy atom. The van der Waals surface area contributed by atoms with E-state index in [0.29, 0.717) is 12.2 Å². The van der Waals surface area contributed by atoms with Crippen molar-refractivity contribution >= 4 is 22.6 Å². The topological polar surface area (TPSA) is 107 Å². The summed E-state index contributed by atoms with van der Waals surface area (Å²) in [6.07, 6.45) is 3.83. The molecule has 0 aliphatic carbocycles. The van der Waals surface area contributed by atoms with Crippen LogP contribution in [0.1, 0.15) is 33.7 Å². The molecule has 4 heterocycles. The van der Waals surface area contributed by atoms with Gasteiger partial charge in [0.1, 0.15) is 11.5 Å². The molecule has 1 aliphatic heterocycles. The molecule has 0 atom stereocenters. The summed E-state index contributed by atoms with van der Waals surface area (Å²) in [6.45, 7) is 1.67. The highest BCUT2D eigenvalue weighted by Crippen LogP contribution is 2.32. The molecule has 6 rings (SSSR count). The molecule has 0 saturated carbocycles. The fraction of sp³-hybridized carbons (Fsp3) is 0.161. The van der Waals surface area contributed by atoms with E-state index < -0.39 is 0 Å². The van der Waals surface area contributed by atoms with Gasteiger partial charge in [-0.1, -0.05) is 48.5 Å². The highest BCUT2D eigenvalue weighted by molar-refractivity contribution is 5.93. The molecule has 0 bridgehead atoms. The van der Waals surface area contributed by atoms with Crippen molar-refractivity contribution in [3.05, 3.63) is 108 Å². The minimum Gasteiger partial charge on any atom is -0.370 e. The molecule has 7 nitrogen and oxygen atoms in total. The Bertz CT molecular complexity index is 1620. The zero-order chi connectivity index (χ0) is 25.9. The van der Waals surface area contributed by atoms with E-state index in [1.165, 1.54) is 0 Å². The Balaban J connectivity index is 1.35. The zero-order valence-corrected chi connectivity index (χ0v) is 21.0. The van der Waals surface area contributed by atoms with Crippen LogP contribution < -0.4 is 21.4 Å². The van der Waals surface area contributed by atoms with Gasteiger partial charge in [-0.15, -0.1) is 0 Å². The first-order valence-electron chi connectivity index (χ1n) is 12.9. The van der Waals surface area contributed by atoms with Gasteiger partial charge in [0.2, 0.25) is 11.2 Å². The van der Waals surface area contributed by atoms with Crippen molar-refractivity contribution in [3.8, 4) is 22.4 Å². The third kappa shape index (κ3) is 4.71. The van der Waals surface area contributed by atoms with Crippen LogP contribution in [0.3, 0.4) is 0 Å². The van der Waals surface area contributed by atoms with E-state index >= 15 is 0 Å². The molecular weight excluding hydrogens is 472 g/mol. The molecule has 0 radical (unpaired) electrons. The highest BCUT2D eigenvalue weighted by atomic mass is 16.1. The molecule has 0 fully saturated rings. The van der Waals surface area contributed by atoms with Crippen LogP contribution in [-0.2, 0) is 19.5 Å². The third-order valence-corrected chi connectivity index (χ3v) is 7.00. The number of hydrogen-bond acceptors (Lipinski definition) is 5. The molecule has 188 valence electrons. The molecule has 1 amide bonds. The molecule has 0 unspecified atom stereocenters. The molecule has 0 spiro atoms. The number of rotatable bonds is 6. The Labute approximate surface area is 221 Å². The van der Waals surface area contributed by atoms with E-state index in [4.69, 9.17) is 5.73 Å². The largest absolute Gasteiger partial charge is 0.370 e. The first kappa shape index (κ1) is 23.8. The summed E-state index contributed by atoms with van der Waals surface area (Å²) in [5.41, 5.74) is 14.4. The standard InChI is InChI=1S/C31H28N6O/c32-18-20-8-10-22(11-9-20)29-24(21-5-2-1-3-6-21)17-25-26(36-29)14-16-33-28(25)19-35-31(38)27-13-12-23-7-4-15-34-30(23)37-27/h1-3,5-6,8-14,16-17H,4,7,15,18-19,32H2,(H,34,37)(H,35,38)/p+1. The fourth-order valence-corrected chi connectivity index (χ4v) is 4.94. The van der Waals surface area contributed by atoms with E-state index in [9.17, 15) is 4.79 Å². The minimum atomic E-state index is -0.220. The lowest BCUT2D eigenvalue weighted by Gasteiger charge is -2.17. The number of H-pyrrole nitrogens is 1. The number of nitrogens with zero attached hydrogens (tertiary/aromatic N) is 2. The van der Waals surface area contributed by atoms with Crippen molar-refractivity contribution in [1.82, 2.24) is 15.3 Å². The van der Waals surface area contributed by atoms with Gasteiger partial charge >= 0.3 is 0 Å². The number of pyridine rings is 3. The summed E-state index contributed by atoms with van der Waals surface area (Å²) < 4.78 is 0. The molecule has 0 saturated heterocycles. The fourth-order valence-electron chi connectivity index (χ4n) is 4.94. The maximum atomic E-state index is 13.0. The van der Waals surface area contributed by atoms with Crippen LogP contribution in [0.2, 0.25) is 0 Å². The quantitative estimate of drug-likeness (QED) is 0.317. The lowest BCUT2D eigenvalue weighted by molar-refractivity contribution is -0.330. The second kappa shape index (κ2) is 10.4. The maximum Gasteiger partial charge on any atom is 0.270 e. The summed E-state index contributed by atoms with van der Waals surface area (Å²) in [7, 11) is 0. The van der Waals surface area contributed by atoms with Gasteiger partial charge in [0.05, 0.1) is 23.2 Å². The van der Waals surface area contributed by atoms with Crippen LogP contribution in [-0.4, -0.2) is 22.4 Å². The SMILES string of the molecule is NCc1ccc(-c2[nH+]c3ccnc(CNC(=O)c4ccc5c(n4)NCCC5)c3cc2-c2ccccc2)cc1. The summed E-state index contributed by atoms with van der Waals surface area (Å²) in [4.78, 5) is 25.8. The minimum absolute atomic E-state index is 0.220. The second-order valence-corrected chi connectivity index (χ2v) is 9.46. The molecule has 7 heteroatoms. The normalized spacial score (nSPS) is 12.6. The number of aryl methyl sites for hydroxylation is 1. The van der Waals surface area contributed by atoms with Crippen LogP contribution in [0.25, 0.3) is 33.3 Å². The van der Waals surface area contributed by atoms with E-state index in [0.717, 1.165) is 75.3 Å². The van der Waals surface area contributed by atoms with Crippen LogP contribution in [0, 0.1) is 0 Å². The number of anilines is 1.